The van der Waals surface area contributed by atoms with Crippen LogP contribution >= 0.6 is 24.0 Å². The van der Waals surface area contributed by atoms with Crippen molar-refractivity contribution in [3.8, 4) is 5.69 Å². The Morgan fingerprint density at radius 1 is 1.10 bits per heavy atom. The van der Waals surface area contributed by atoms with E-state index in [1.165, 1.54) is 19.3 Å². The lowest BCUT2D eigenvalue weighted by Gasteiger charge is -2.33. The standard InChI is InChI=1S/C23H30N6O.HI/c1-24-23(25-15-19-16-27-29(18-19)20-9-4-2-5-10-20)26-17-21(22-11-8-14-30-22)28-12-6-3-7-13-28;/h2,4-5,8-11,14,16,18,21H,3,6-7,12-13,15,17H2,1H3,(H2,24,25,26);1H. The molecule has 1 fully saturated rings. The highest BCUT2D eigenvalue weighted by Gasteiger charge is 2.24. The van der Waals surface area contributed by atoms with E-state index >= 15 is 0 Å². The van der Waals surface area contributed by atoms with Gasteiger partial charge in [0.05, 0.1) is 24.2 Å². The molecule has 0 spiro atoms. The number of aliphatic imine (C=N–C) groups is 1. The quantitative estimate of drug-likeness (QED) is 0.273. The predicted octanol–water partition coefficient (Wildman–Crippen LogP) is 3.98. The number of aromatic nitrogens is 2. The molecule has 1 aromatic carbocycles. The maximum absolute atomic E-state index is 5.74. The molecule has 1 saturated heterocycles. The lowest BCUT2D eigenvalue weighted by molar-refractivity contribution is 0.146. The van der Waals surface area contributed by atoms with Gasteiger partial charge in [-0.25, -0.2) is 4.68 Å². The summed E-state index contributed by atoms with van der Waals surface area (Å²) in [5.41, 5.74) is 2.15. The minimum Gasteiger partial charge on any atom is -0.468 e. The second-order valence-electron chi connectivity index (χ2n) is 7.56. The van der Waals surface area contributed by atoms with Crippen molar-refractivity contribution in [1.29, 1.82) is 0 Å². The highest BCUT2D eigenvalue weighted by molar-refractivity contribution is 14.0. The van der Waals surface area contributed by atoms with Crippen LogP contribution in [0.25, 0.3) is 5.69 Å². The maximum atomic E-state index is 5.74. The second-order valence-corrected chi connectivity index (χ2v) is 7.56. The highest BCUT2D eigenvalue weighted by Crippen LogP contribution is 2.24. The number of piperidine rings is 1. The summed E-state index contributed by atoms with van der Waals surface area (Å²) in [4.78, 5) is 6.89. The number of likely N-dealkylation sites (tertiary alicyclic amines) is 1. The largest absolute Gasteiger partial charge is 0.468 e. The smallest absolute Gasteiger partial charge is 0.191 e. The number of guanidine groups is 1. The molecule has 2 N–H and O–H groups in total. The van der Waals surface area contributed by atoms with Gasteiger partial charge in [0.15, 0.2) is 5.96 Å². The Kier molecular flexibility index (Phi) is 8.96. The fourth-order valence-electron chi connectivity index (χ4n) is 3.89. The molecule has 7 nitrogen and oxygen atoms in total. The zero-order valence-electron chi connectivity index (χ0n) is 17.9. The van der Waals surface area contributed by atoms with E-state index in [2.05, 4.69) is 31.7 Å². The number of benzene rings is 1. The van der Waals surface area contributed by atoms with E-state index in [1.807, 2.05) is 53.5 Å². The van der Waals surface area contributed by atoms with Crippen molar-refractivity contribution in [1.82, 2.24) is 25.3 Å². The van der Waals surface area contributed by atoms with Crippen LogP contribution in [0, 0.1) is 0 Å². The fourth-order valence-corrected chi connectivity index (χ4v) is 3.89. The van der Waals surface area contributed by atoms with Gasteiger partial charge in [0.25, 0.3) is 0 Å². The number of hydrogen-bond acceptors (Lipinski definition) is 4. The molecule has 3 aromatic rings. The first-order valence-corrected chi connectivity index (χ1v) is 10.6. The predicted molar refractivity (Wildman–Crippen MR) is 134 cm³/mol. The van der Waals surface area contributed by atoms with Gasteiger partial charge >= 0.3 is 0 Å². The monoisotopic (exact) mass is 534 g/mol. The van der Waals surface area contributed by atoms with Crippen LogP contribution in [0.15, 0.2) is 70.5 Å². The molecule has 31 heavy (non-hydrogen) atoms. The molecule has 0 radical (unpaired) electrons. The van der Waals surface area contributed by atoms with E-state index in [-0.39, 0.29) is 30.0 Å². The number of rotatable bonds is 7. The number of hydrogen-bond donors (Lipinski definition) is 2. The Bertz CT molecular complexity index is 919. The van der Waals surface area contributed by atoms with E-state index in [0.717, 1.165) is 42.6 Å². The fraction of sp³-hybridized carbons (Fsp3) is 0.391. The van der Waals surface area contributed by atoms with Crippen LogP contribution < -0.4 is 10.6 Å². The van der Waals surface area contributed by atoms with Crippen LogP contribution in [0.3, 0.4) is 0 Å². The topological polar surface area (TPSA) is 70.6 Å². The van der Waals surface area contributed by atoms with Crippen molar-refractivity contribution in [3.63, 3.8) is 0 Å². The number of para-hydroxylation sites is 1. The third-order valence-electron chi connectivity index (χ3n) is 5.51. The van der Waals surface area contributed by atoms with Crippen molar-refractivity contribution in [2.75, 3.05) is 26.7 Å². The zero-order valence-corrected chi connectivity index (χ0v) is 20.2. The number of furan rings is 1. The molecule has 3 heterocycles. The van der Waals surface area contributed by atoms with Gasteiger partial charge in [-0.3, -0.25) is 9.89 Å². The Balaban J connectivity index is 0.00000272. The molecular formula is C23H31IN6O. The van der Waals surface area contributed by atoms with Gasteiger partial charge in [-0.05, 0) is 50.2 Å². The molecule has 1 aliphatic rings. The van der Waals surface area contributed by atoms with Crippen LogP contribution in [-0.4, -0.2) is 47.3 Å². The molecule has 0 bridgehead atoms. The summed E-state index contributed by atoms with van der Waals surface area (Å²) >= 11 is 0. The summed E-state index contributed by atoms with van der Waals surface area (Å²) in [6, 6.07) is 14.3. The summed E-state index contributed by atoms with van der Waals surface area (Å²) in [5, 5.41) is 11.3. The lowest BCUT2D eigenvalue weighted by atomic mass is 10.1. The number of halogens is 1. The summed E-state index contributed by atoms with van der Waals surface area (Å²) in [6.45, 7) is 3.62. The highest BCUT2D eigenvalue weighted by atomic mass is 127. The minimum absolute atomic E-state index is 0. The van der Waals surface area contributed by atoms with E-state index in [1.54, 1.807) is 13.3 Å². The summed E-state index contributed by atoms with van der Waals surface area (Å²) in [5.74, 6) is 1.78. The Labute approximate surface area is 200 Å². The van der Waals surface area contributed by atoms with Crippen LogP contribution in [0.5, 0.6) is 0 Å². The number of nitrogens with one attached hydrogen (secondary N) is 2. The van der Waals surface area contributed by atoms with Gasteiger partial charge in [0.1, 0.15) is 5.76 Å². The third kappa shape index (κ3) is 6.33. The molecule has 0 amide bonds. The molecule has 1 unspecified atom stereocenters. The van der Waals surface area contributed by atoms with Gasteiger partial charge in [-0.15, -0.1) is 24.0 Å². The molecule has 0 aliphatic carbocycles. The van der Waals surface area contributed by atoms with Crippen molar-refractivity contribution in [3.05, 3.63) is 72.4 Å². The summed E-state index contributed by atoms with van der Waals surface area (Å²) in [7, 11) is 1.80. The van der Waals surface area contributed by atoms with Gasteiger partial charge in [0, 0.05) is 31.9 Å². The van der Waals surface area contributed by atoms with Crippen LogP contribution in [-0.2, 0) is 6.54 Å². The summed E-state index contributed by atoms with van der Waals surface area (Å²) < 4.78 is 7.62. The first-order chi connectivity index (χ1) is 14.8. The normalized spacial score (nSPS) is 15.8. The molecule has 1 aliphatic heterocycles. The van der Waals surface area contributed by atoms with E-state index in [0.29, 0.717) is 6.54 Å². The molecule has 2 aromatic heterocycles. The molecule has 4 rings (SSSR count). The van der Waals surface area contributed by atoms with Crippen molar-refractivity contribution >= 4 is 29.9 Å². The summed E-state index contributed by atoms with van der Waals surface area (Å²) in [6.07, 6.45) is 9.48. The molecule has 1 atom stereocenters. The molecular weight excluding hydrogens is 503 g/mol. The van der Waals surface area contributed by atoms with Crippen LogP contribution in [0.1, 0.15) is 36.6 Å². The minimum atomic E-state index is 0. The van der Waals surface area contributed by atoms with Crippen LogP contribution in [0.2, 0.25) is 0 Å². The average molecular weight is 534 g/mol. The first-order valence-electron chi connectivity index (χ1n) is 10.6. The van der Waals surface area contributed by atoms with E-state index < -0.39 is 0 Å². The average Bonchev–Trinajstić information content (AvgIpc) is 3.50. The first kappa shape index (κ1) is 23.3. The third-order valence-corrected chi connectivity index (χ3v) is 5.51. The van der Waals surface area contributed by atoms with Crippen LogP contribution in [0.4, 0.5) is 0 Å². The second kappa shape index (κ2) is 11.9. The van der Waals surface area contributed by atoms with Crippen molar-refractivity contribution in [2.24, 2.45) is 4.99 Å². The number of nitrogens with zero attached hydrogens (tertiary/aromatic N) is 4. The van der Waals surface area contributed by atoms with Crippen molar-refractivity contribution < 1.29 is 4.42 Å². The van der Waals surface area contributed by atoms with Gasteiger partial charge in [0.2, 0.25) is 0 Å². The molecule has 166 valence electrons. The lowest BCUT2D eigenvalue weighted by Crippen LogP contribution is -2.44. The van der Waals surface area contributed by atoms with E-state index in [4.69, 9.17) is 4.42 Å². The van der Waals surface area contributed by atoms with Crippen molar-refractivity contribution in [2.45, 2.75) is 31.8 Å². The Morgan fingerprint density at radius 2 is 1.90 bits per heavy atom. The maximum Gasteiger partial charge on any atom is 0.191 e. The zero-order chi connectivity index (χ0) is 20.6. The van der Waals surface area contributed by atoms with Gasteiger partial charge in [-0.2, -0.15) is 5.10 Å². The van der Waals surface area contributed by atoms with Gasteiger partial charge in [-0.1, -0.05) is 24.6 Å². The Hall–Kier alpha value is -2.33. The van der Waals surface area contributed by atoms with E-state index in [9.17, 15) is 0 Å². The SMILES string of the molecule is CN=C(NCc1cnn(-c2ccccc2)c1)NCC(c1ccco1)N1CCCCC1.I. The van der Waals surface area contributed by atoms with Gasteiger partial charge < -0.3 is 15.1 Å². The Morgan fingerprint density at radius 3 is 2.61 bits per heavy atom. The molecule has 0 saturated carbocycles. The molecule has 8 heteroatoms.